The third-order valence-corrected chi connectivity index (χ3v) is 5.60. The molecule has 3 aromatic rings. The van der Waals surface area contributed by atoms with Gasteiger partial charge in [0.2, 0.25) is 5.13 Å². The highest BCUT2D eigenvalue weighted by atomic mass is 35.5. The Morgan fingerprint density at radius 2 is 2.00 bits per heavy atom. The first kappa shape index (κ1) is 18.3. The van der Waals surface area contributed by atoms with Crippen LogP contribution >= 0.6 is 34.7 Å². The monoisotopic (exact) mass is 406 g/mol. The molecular formula is C16H11ClN4O3S2. The number of aromatic nitrogens is 2. The number of nitro benzene ring substituents is 1. The minimum atomic E-state index is -0.637. The Balaban J connectivity index is 1.64. The number of hydrogen-bond acceptors (Lipinski definition) is 7. The maximum absolute atomic E-state index is 12.2. The minimum absolute atomic E-state index is 0.0259. The van der Waals surface area contributed by atoms with E-state index in [1.807, 2.05) is 30.3 Å². The fourth-order valence-corrected chi connectivity index (χ4v) is 3.89. The molecule has 0 saturated carbocycles. The van der Waals surface area contributed by atoms with Gasteiger partial charge in [0.15, 0.2) is 4.34 Å². The van der Waals surface area contributed by atoms with Crippen molar-refractivity contribution in [1.82, 2.24) is 10.2 Å². The molecule has 3 rings (SSSR count). The highest BCUT2D eigenvalue weighted by molar-refractivity contribution is 8.00. The van der Waals surface area contributed by atoms with Gasteiger partial charge in [0.25, 0.3) is 11.6 Å². The minimum Gasteiger partial charge on any atom is -0.296 e. The van der Waals surface area contributed by atoms with Gasteiger partial charge in [-0.05, 0) is 17.7 Å². The molecule has 2 aromatic carbocycles. The molecule has 1 heterocycles. The molecule has 0 saturated heterocycles. The van der Waals surface area contributed by atoms with Crippen LogP contribution in [0.1, 0.15) is 15.9 Å². The van der Waals surface area contributed by atoms with E-state index < -0.39 is 10.8 Å². The number of nitrogens with one attached hydrogen (secondary N) is 1. The molecule has 1 N–H and O–H groups in total. The van der Waals surface area contributed by atoms with Gasteiger partial charge in [-0.1, -0.05) is 65.0 Å². The normalized spacial score (nSPS) is 10.5. The van der Waals surface area contributed by atoms with Crippen LogP contribution in [-0.2, 0) is 5.75 Å². The number of nitrogens with zero attached hydrogens (tertiary/aromatic N) is 3. The summed E-state index contributed by atoms with van der Waals surface area (Å²) in [6.45, 7) is 0. The maximum Gasteiger partial charge on any atom is 0.288 e. The van der Waals surface area contributed by atoms with E-state index in [4.69, 9.17) is 11.6 Å². The Hall–Kier alpha value is -2.49. The molecule has 1 amide bonds. The number of hydrogen-bond donors (Lipinski definition) is 1. The van der Waals surface area contributed by atoms with Crippen LogP contribution in [0.3, 0.4) is 0 Å². The van der Waals surface area contributed by atoms with Gasteiger partial charge >= 0.3 is 0 Å². The SMILES string of the molecule is O=C(Nc1nnc(SCc2ccccc2)s1)c1ccc(Cl)c([N+](=O)[O-])c1. The van der Waals surface area contributed by atoms with Crippen molar-refractivity contribution >= 4 is 51.4 Å². The van der Waals surface area contributed by atoms with Crippen LogP contribution in [0.15, 0.2) is 52.9 Å². The first-order chi connectivity index (χ1) is 12.5. The number of thioether (sulfide) groups is 1. The summed E-state index contributed by atoms with van der Waals surface area (Å²) >= 11 is 8.50. The summed E-state index contributed by atoms with van der Waals surface area (Å²) in [5, 5.41) is 21.7. The number of halogens is 1. The molecule has 0 unspecified atom stereocenters. The van der Waals surface area contributed by atoms with Crippen molar-refractivity contribution in [3.05, 3.63) is 74.8 Å². The van der Waals surface area contributed by atoms with Crippen LogP contribution in [-0.4, -0.2) is 21.0 Å². The van der Waals surface area contributed by atoms with E-state index in [2.05, 4.69) is 15.5 Å². The fraction of sp³-hybridized carbons (Fsp3) is 0.0625. The molecular weight excluding hydrogens is 396 g/mol. The highest BCUT2D eigenvalue weighted by Gasteiger charge is 2.17. The van der Waals surface area contributed by atoms with Crippen molar-refractivity contribution in [3.63, 3.8) is 0 Å². The number of nitro groups is 1. The lowest BCUT2D eigenvalue weighted by Gasteiger charge is -2.02. The third kappa shape index (κ3) is 4.57. The predicted molar refractivity (Wildman–Crippen MR) is 102 cm³/mol. The molecule has 132 valence electrons. The molecule has 1 aromatic heterocycles. The van der Waals surface area contributed by atoms with Crippen molar-refractivity contribution in [3.8, 4) is 0 Å². The molecule has 0 fully saturated rings. The maximum atomic E-state index is 12.2. The summed E-state index contributed by atoms with van der Waals surface area (Å²) < 4.78 is 0.714. The summed E-state index contributed by atoms with van der Waals surface area (Å²) in [5.41, 5.74) is 0.956. The first-order valence-corrected chi connectivity index (χ1v) is 9.46. The quantitative estimate of drug-likeness (QED) is 0.277. The first-order valence-electron chi connectivity index (χ1n) is 7.28. The van der Waals surface area contributed by atoms with Crippen molar-refractivity contribution < 1.29 is 9.72 Å². The summed E-state index contributed by atoms with van der Waals surface area (Å²) in [6, 6.07) is 13.8. The third-order valence-electron chi connectivity index (χ3n) is 3.24. The number of anilines is 1. The fourth-order valence-electron chi connectivity index (χ4n) is 2.00. The van der Waals surface area contributed by atoms with Gasteiger partial charge in [-0.25, -0.2) is 0 Å². The van der Waals surface area contributed by atoms with E-state index in [1.54, 1.807) is 0 Å². The van der Waals surface area contributed by atoms with E-state index in [9.17, 15) is 14.9 Å². The van der Waals surface area contributed by atoms with Gasteiger partial charge in [-0.3, -0.25) is 20.2 Å². The molecule has 0 atom stereocenters. The topological polar surface area (TPSA) is 98.0 Å². The second kappa shape index (κ2) is 8.26. The Bertz CT molecular complexity index is 950. The van der Waals surface area contributed by atoms with Gasteiger partial charge in [0.05, 0.1) is 4.92 Å². The van der Waals surface area contributed by atoms with Gasteiger partial charge in [-0.15, -0.1) is 10.2 Å². The summed E-state index contributed by atoms with van der Waals surface area (Å²) in [7, 11) is 0. The van der Waals surface area contributed by atoms with Crippen molar-refractivity contribution in [2.75, 3.05) is 5.32 Å². The van der Waals surface area contributed by atoms with Crippen LogP contribution in [0.4, 0.5) is 10.8 Å². The molecule has 0 spiro atoms. The van der Waals surface area contributed by atoms with E-state index >= 15 is 0 Å². The van der Waals surface area contributed by atoms with Gasteiger partial charge in [0, 0.05) is 17.4 Å². The second-order valence-electron chi connectivity index (χ2n) is 5.02. The second-order valence-corrected chi connectivity index (χ2v) is 7.63. The number of rotatable bonds is 6. The summed E-state index contributed by atoms with van der Waals surface area (Å²) in [6.07, 6.45) is 0. The lowest BCUT2D eigenvalue weighted by Crippen LogP contribution is -2.12. The molecule has 0 aliphatic heterocycles. The van der Waals surface area contributed by atoms with E-state index in [-0.39, 0.29) is 16.3 Å². The Morgan fingerprint density at radius 1 is 1.23 bits per heavy atom. The molecule has 0 bridgehead atoms. The van der Waals surface area contributed by atoms with Crippen molar-refractivity contribution in [2.45, 2.75) is 10.1 Å². The molecule has 7 nitrogen and oxygen atoms in total. The van der Waals surface area contributed by atoms with Gasteiger partial charge in [-0.2, -0.15) is 0 Å². The van der Waals surface area contributed by atoms with Gasteiger partial charge in [0.1, 0.15) is 5.02 Å². The lowest BCUT2D eigenvalue weighted by atomic mass is 10.2. The van der Waals surface area contributed by atoms with Crippen LogP contribution in [0.5, 0.6) is 0 Å². The van der Waals surface area contributed by atoms with Crippen molar-refractivity contribution in [2.24, 2.45) is 0 Å². The predicted octanol–water partition coefficient (Wildman–Crippen LogP) is 4.64. The Labute approximate surface area is 161 Å². The zero-order valence-corrected chi connectivity index (χ0v) is 15.5. The van der Waals surface area contributed by atoms with Crippen LogP contribution in [0.25, 0.3) is 0 Å². The zero-order valence-electron chi connectivity index (χ0n) is 13.1. The highest BCUT2D eigenvalue weighted by Crippen LogP contribution is 2.29. The number of carbonyl (C=O) groups excluding carboxylic acids is 1. The van der Waals surface area contributed by atoms with Crippen LogP contribution in [0, 0.1) is 10.1 Å². The van der Waals surface area contributed by atoms with E-state index in [0.29, 0.717) is 9.47 Å². The molecule has 0 radical (unpaired) electrons. The van der Waals surface area contributed by atoms with Crippen LogP contribution < -0.4 is 5.32 Å². The van der Waals surface area contributed by atoms with E-state index in [1.165, 1.54) is 35.2 Å². The average molecular weight is 407 g/mol. The number of amides is 1. The largest absolute Gasteiger partial charge is 0.296 e. The summed E-state index contributed by atoms with van der Waals surface area (Å²) in [4.78, 5) is 22.5. The Kier molecular flexibility index (Phi) is 5.82. The van der Waals surface area contributed by atoms with Crippen LogP contribution in [0.2, 0.25) is 5.02 Å². The lowest BCUT2D eigenvalue weighted by molar-refractivity contribution is -0.384. The molecule has 0 aliphatic rings. The number of benzene rings is 2. The summed E-state index contributed by atoms with van der Waals surface area (Å²) in [5.74, 6) is 0.229. The average Bonchev–Trinajstić information content (AvgIpc) is 3.08. The number of carbonyl (C=O) groups is 1. The standard InChI is InChI=1S/C16H11ClN4O3S2/c17-12-7-6-11(8-13(12)21(23)24)14(22)18-15-19-20-16(26-15)25-9-10-4-2-1-3-5-10/h1-8H,9H2,(H,18,19,22). The molecule has 10 heteroatoms. The smallest absolute Gasteiger partial charge is 0.288 e. The molecule has 26 heavy (non-hydrogen) atoms. The van der Waals surface area contributed by atoms with Gasteiger partial charge < -0.3 is 0 Å². The Morgan fingerprint density at radius 3 is 2.73 bits per heavy atom. The van der Waals surface area contributed by atoms with Crippen molar-refractivity contribution in [1.29, 1.82) is 0 Å². The molecule has 0 aliphatic carbocycles. The zero-order chi connectivity index (χ0) is 18.5. The van der Waals surface area contributed by atoms with E-state index in [0.717, 1.165) is 17.4 Å².